The molecule has 1 aliphatic heterocycles. The Kier molecular flexibility index (Phi) is 3.58. The summed E-state index contributed by atoms with van der Waals surface area (Å²) in [5, 5.41) is -0.355. The van der Waals surface area contributed by atoms with Crippen molar-refractivity contribution in [1.29, 1.82) is 0 Å². The standard InChI is InChI=1S/C11H11Cl2NO3S/c1-14-10(15)4-5-18(16,17)11(14)7-2-3-8(12)9(13)6-7/h2-3,6,11H,4-5H2,1H3. The van der Waals surface area contributed by atoms with Crippen LogP contribution in [-0.4, -0.2) is 32.0 Å². The molecule has 4 nitrogen and oxygen atoms in total. The number of nitrogens with zero attached hydrogens (tertiary/aromatic N) is 1. The molecule has 1 amide bonds. The first-order chi connectivity index (χ1) is 8.33. The van der Waals surface area contributed by atoms with Crippen molar-refractivity contribution in [1.82, 2.24) is 4.90 Å². The highest BCUT2D eigenvalue weighted by Gasteiger charge is 2.38. The molecule has 18 heavy (non-hydrogen) atoms. The molecular weight excluding hydrogens is 297 g/mol. The van der Waals surface area contributed by atoms with Gasteiger partial charge in [0.2, 0.25) is 5.91 Å². The van der Waals surface area contributed by atoms with Gasteiger partial charge in [-0.1, -0.05) is 29.3 Å². The van der Waals surface area contributed by atoms with Gasteiger partial charge in [-0.2, -0.15) is 0 Å². The fourth-order valence-electron chi connectivity index (χ4n) is 1.99. The molecule has 1 saturated heterocycles. The van der Waals surface area contributed by atoms with Gasteiger partial charge >= 0.3 is 0 Å². The Hall–Kier alpha value is -0.780. The second-order valence-electron chi connectivity index (χ2n) is 4.15. The van der Waals surface area contributed by atoms with Gasteiger partial charge in [0.15, 0.2) is 15.2 Å². The minimum absolute atomic E-state index is 0.0245. The largest absolute Gasteiger partial charge is 0.325 e. The SMILES string of the molecule is CN1C(=O)CCS(=O)(=O)C1c1ccc(Cl)c(Cl)c1. The number of rotatable bonds is 1. The lowest BCUT2D eigenvalue weighted by atomic mass is 10.2. The number of amides is 1. The molecule has 1 aromatic rings. The molecule has 2 rings (SSSR count). The number of benzene rings is 1. The first-order valence-electron chi connectivity index (χ1n) is 5.25. The third-order valence-corrected chi connectivity index (χ3v) is 5.70. The number of halogens is 2. The molecule has 0 aliphatic carbocycles. The van der Waals surface area contributed by atoms with E-state index in [0.29, 0.717) is 10.6 Å². The second-order valence-corrected chi connectivity index (χ2v) is 7.14. The van der Waals surface area contributed by atoms with Gasteiger partial charge in [0, 0.05) is 13.5 Å². The summed E-state index contributed by atoms with van der Waals surface area (Å²) in [6, 6.07) is 4.59. The zero-order valence-electron chi connectivity index (χ0n) is 9.56. The summed E-state index contributed by atoms with van der Waals surface area (Å²) < 4.78 is 24.1. The predicted octanol–water partition coefficient (Wildman–Crippen LogP) is 2.27. The zero-order valence-corrected chi connectivity index (χ0v) is 11.9. The minimum Gasteiger partial charge on any atom is -0.325 e. The fraction of sp³-hybridized carbons (Fsp3) is 0.364. The molecule has 7 heteroatoms. The van der Waals surface area contributed by atoms with Crippen LogP contribution < -0.4 is 0 Å². The highest BCUT2D eigenvalue weighted by atomic mass is 35.5. The van der Waals surface area contributed by atoms with Crippen LogP contribution in [0.3, 0.4) is 0 Å². The summed E-state index contributed by atoms with van der Waals surface area (Å²) in [7, 11) is -1.91. The molecule has 1 aliphatic rings. The van der Waals surface area contributed by atoms with Crippen LogP contribution >= 0.6 is 23.2 Å². The molecule has 1 heterocycles. The smallest absolute Gasteiger partial charge is 0.224 e. The lowest BCUT2D eigenvalue weighted by molar-refractivity contribution is -0.130. The Morgan fingerprint density at radius 3 is 2.56 bits per heavy atom. The van der Waals surface area contributed by atoms with Gasteiger partial charge < -0.3 is 4.90 Å². The van der Waals surface area contributed by atoms with Gasteiger partial charge in [-0.3, -0.25) is 4.79 Å². The molecule has 0 N–H and O–H groups in total. The van der Waals surface area contributed by atoms with E-state index < -0.39 is 15.2 Å². The van der Waals surface area contributed by atoms with Gasteiger partial charge in [-0.05, 0) is 17.7 Å². The third-order valence-electron chi connectivity index (χ3n) is 2.91. The molecule has 1 atom stereocenters. The number of carbonyl (C=O) groups excluding carboxylic acids is 1. The van der Waals surface area contributed by atoms with E-state index in [2.05, 4.69) is 0 Å². The maximum Gasteiger partial charge on any atom is 0.224 e. The molecule has 1 unspecified atom stereocenters. The molecule has 0 spiro atoms. The average molecular weight is 308 g/mol. The Morgan fingerprint density at radius 1 is 1.28 bits per heavy atom. The van der Waals surface area contributed by atoms with E-state index in [-0.39, 0.29) is 23.1 Å². The molecule has 98 valence electrons. The summed E-state index contributed by atoms with van der Waals surface area (Å²) >= 11 is 11.7. The minimum atomic E-state index is -3.38. The summed E-state index contributed by atoms with van der Waals surface area (Å²) in [6.07, 6.45) is 0.0245. The Bertz CT molecular complexity index is 600. The number of hydrogen-bond donors (Lipinski definition) is 0. The summed E-state index contributed by atoms with van der Waals surface area (Å²) in [4.78, 5) is 12.9. The number of sulfone groups is 1. The first kappa shape index (κ1) is 13.6. The summed E-state index contributed by atoms with van der Waals surface area (Å²) in [6.45, 7) is 0. The lowest BCUT2D eigenvalue weighted by Crippen LogP contribution is -2.42. The van der Waals surface area contributed by atoms with Gasteiger partial charge in [-0.15, -0.1) is 0 Å². The fourth-order valence-corrected chi connectivity index (χ4v) is 4.14. The Morgan fingerprint density at radius 2 is 1.94 bits per heavy atom. The quantitative estimate of drug-likeness (QED) is 0.800. The first-order valence-corrected chi connectivity index (χ1v) is 7.72. The van der Waals surface area contributed by atoms with Crippen molar-refractivity contribution in [2.45, 2.75) is 11.8 Å². The highest BCUT2D eigenvalue weighted by Crippen LogP contribution is 2.34. The van der Waals surface area contributed by atoms with Gasteiger partial charge in [-0.25, -0.2) is 8.42 Å². The maximum absolute atomic E-state index is 12.1. The van der Waals surface area contributed by atoms with E-state index in [1.165, 1.54) is 24.1 Å². The predicted molar refractivity (Wildman–Crippen MR) is 70.4 cm³/mol. The Balaban J connectivity index is 2.51. The van der Waals surface area contributed by atoms with Crippen LogP contribution in [0.1, 0.15) is 17.4 Å². The van der Waals surface area contributed by atoms with Crippen LogP contribution in [0.2, 0.25) is 10.0 Å². The molecule has 1 fully saturated rings. The Labute approximate surface area is 115 Å². The summed E-state index contributed by atoms with van der Waals surface area (Å²) in [5.74, 6) is -0.331. The average Bonchev–Trinajstić information content (AvgIpc) is 2.29. The van der Waals surface area contributed by atoms with Crippen molar-refractivity contribution in [3.8, 4) is 0 Å². The van der Waals surface area contributed by atoms with Crippen molar-refractivity contribution in [3.63, 3.8) is 0 Å². The third kappa shape index (κ3) is 2.35. The van der Waals surface area contributed by atoms with Crippen LogP contribution in [0, 0.1) is 0 Å². The van der Waals surface area contributed by atoms with E-state index >= 15 is 0 Å². The van der Waals surface area contributed by atoms with E-state index in [1.54, 1.807) is 6.07 Å². The van der Waals surface area contributed by atoms with E-state index in [0.717, 1.165) is 0 Å². The van der Waals surface area contributed by atoms with Crippen molar-refractivity contribution in [2.75, 3.05) is 12.8 Å². The van der Waals surface area contributed by atoms with Crippen molar-refractivity contribution in [3.05, 3.63) is 33.8 Å². The molecule has 0 radical (unpaired) electrons. The maximum atomic E-state index is 12.1. The van der Waals surface area contributed by atoms with E-state index in [1.807, 2.05) is 0 Å². The lowest BCUT2D eigenvalue weighted by Gasteiger charge is -2.32. The van der Waals surface area contributed by atoms with Crippen LogP contribution in [0.25, 0.3) is 0 Å². The molecular formula is C11H11Cl2NO3S. The highest BCUT2D eigenvalue weighted by molar-refractivity contribution is 7.91. The zero-order chi connectivity index (χ0) is 13.5. The van der Waals surface area contributed by atoms with Crippen molar-refractivity contribution < 1.29 is 13.2 Å². The van der Waals surface area contributed by atoms with Crippen molar-refractivity contribution in [2.24, 2.45) is 0 Å². The van der Waals surface area contributed by atoms with Crippen molar-refractivity contribution >= 4 is 38.9 Å². The van der Waals surface area contributed by atoms with Crippen LogP contribution in [0.5, 0.6) is 0 Å². The number of carbonyl (C=O) groups is 1. The second kappa shape index (κ2) is 4.72. The molecule has 0 saturated carbocycles. The van der Waals surface area contributed by atoms with Gasteiger partial charge in [0.25, 0.3) is 0 Å². The van der Waals surface area contributed by atoms with Crippen LogP contribution in [-0.2, 0) is 14.6 Å². The van der Waals surface area contributed by atoms with E-state index in [4.69, 9.17) is 23.2 Å². The normalized spacial score (nSPS) is 23.2. The summed E-state index contributed by atoms with van der Waals surface area (Å²) in [5.41, 5.74) is 0.458. The monoisotopic (exact) mass is 307 g/mol. The molecule has 1 aromatic carbocycles. The van der Waals surface area contributed by atoms with E-state index in [9.17, 15) is 13.2 Å². The van der Waals surface area contributed by atoms with Crippen LogP contribution in [0.15, 0.2) is 18.2 Å². The molecule has 0 aromatic heterocycles. The van der Waals surface area contributed by atoms with Gasteiger partial charge in [0.1, 0.15) is 0 Å². The van der Waals surface area contributed by atoms with Crippen LogP contribution in [0.4, 0.5) is 0 Å². The topological polar surface area (TPSA) is 54.5 Å². The molecule has 0 bridgehead atoms. The number of hydrogen-bond acceptors (Lipinski definition) is 3. The van der Waals surface area contributed by atoms with Gasteiger partial charge in [0.05, 0.1) is 15.8 Å².